The number of imide groups is 1. The van der Waals surface area contributed by atoms with Crippen LogP contribution in [0.1, 0.15) is 31.1 Å². The Balaban J connectivity index is 1.54. The molecule has 0 radical (unpaired) electrons. The summed E-state index contributed by atoms with van der Waals surface area (Å²) >= 11 is 8.61. The summed E-state index contributed by atoms with van der Waals surface area (Å²) in [5.74, 6) is -0.731. The highest BCUT2D eigenvalue weighted by Crippen LogP contribution is 2.32. The average molecular weight is 510 g/mol. The molecule has 160 valence electrons. The van der Waals surface area contributed by atoms with Crippen LogP contribution in [0.5, 0.6) is 5.75 Å². The summed E-state index contributed by atoms with van der Waals surface area (Å²) in [4.78, 5) is 39.6. The summed E-state index contributed by atoms with van der Waals surface area (Å²) in [7, 11) is 1.53. The summed E-state index contributed by atoms with van der Waals surface area (Å²) in [5, 5.41) is 5.44. The summed E-state index contributed by atoms with van der Waals surface area (Å²) in [6.07, 6.45) is 0. The quantitative estimate of drug-likeness (QED) is 0.400. The van der Waals surface area contributed by atoms with Crippen LogP contribution < -0.4 is 20.3 Å². The Morgan fingerprint density at radius 1 is 1.00 bits per heavy atom. The zero-order valence-corrected chi connectivity index (χ0v) is 19.1. The SMILES string of the molecule is COc1ccc(C(=O)NC(=S)Nc2cccc3c2C(=O)N(c2ccccc2)C3=O)cc1Br. The van der Waals surface area contributed by atoms with Crippen molar-refractivity contribution in [3.63, 3.8) is 0 Å². The molecule has 0 fully saturated rings. The van der Waals surface area contributed by atoms with Crippen molar-refractivity contribution < 1.29 is 19.1 Å². The van der Waals surface area contributed by atoms with Crippen molar-refractivity contribution in [2.45, 2.75) is 0 Å². The van der Waals surface area contributed by atoms with Gasteiger partial charge in [-0.2, -0.15) is 0 Å². The van der Waals surface area contributed by atoms with Crippen LogP contribution >= 0.6 is 28.1 Å². The fraction of sp³-hybridized carbons (Fsp3) is 0.0435. The van der Waals surface area contributed by atoms with Crippen molar-refractivity contribution in [3.8, 4) is 5.75 Å². The molecule has 3 aromatic carbocycles. The average Bonchev–Trinajstić information content (AvgIpc) is 3.05. The first-order valence-corrected chi connectivity index (χ1v) is 10.6. The molecule has 3 amide bonds. The van der Waals surface area contributed by atoms with Crippen LogP contribution in [0.25, 0.3) is 0 Å². The molecule has 7 nitrogen and oxygen atoms in total. The number of carbonyl (C=O) groups is 3. The van der Waals surface area contributed by atoms with Crippen LogP contribution in [0.2, 0.25) is 0 Å². The number of ether oxygens (including phenoxy) is 1. The number of carbonyl (C=O) groups excluding carboxylic acids is 3. The number of rotatable bonds is 4. The van der Waals surface area contributed by atoms with Crippen LogP contribution in [-0.2, 0) is 0 Å². The van der Waals surface area contributed by atoms with Crippen molar-refractivity contribution in [2.75, 3.05) is 17.3 Å². The van der Waals surface area contributed by atoms with Gasteiger partial charge in [0.25, 0.3) is 17.7 Å². The summed E-state index contributed by atoms with van der Waals surface area (Å²) in [5.41, 5.74) is 1.63. The fourth-order valence-electron chi connectivity index (χ4n) is 3.34. The van der Waals surface area contributed by atoms with Gasteiger partial charge in [-0.1, -0.05) is 24.3 Å². The highest BCUT2D eigenvalue weighted by molar-refractivity contribution is 9.10. The van der Waals surface area contributed by atoms with Gasteiger partial charge in [-0.25, -0.2) is 4.90 Å². The topological polar surface area (TPSA) is 87.7 Å². The molecule has 0 bridgehead atoms. The van der Waals surface area contributed by atoms with E-state index in [4.69, 9.17) is 17.0 Å². The highest BCUT2D eigenvalue weighted by atomic mass is 79.9. The number of benzene rings is 3. The maximum atomic E-state index is 13.1. The molecular formula is C23H16BrN3O4S. The van der Waals surface area contributed by atoms with Crippen LogP contribution in [0.4, 0.5) is 11.4 Å². The number of para-hydroxylation sites is 1. The van der Waals surface area contributed by atoms with Crippen molar-refractivity contribution in [1.82, 2.24) is 5.32 Å². The minimum Gasteiger partial charge on any atom is -0.496 e. The van der Waals surface area contributed by atoms with E-state index in [9.17, 15) is 14.4 Å². The Labute approximate surface area is 197 Å². The Morgan fingerprint density at radius 3 is 2.44 bits per heavy atom. The third-order valence-electron chi connectivity index (χ3n) is 4.82. The van der Waals surface area contributed by atoms with E-state index in [1.807, 2.05) is 0 Å². The van der Waals surface area contributed by atoms with Gasteiger partial charge in [0.15, 0.2) is 5.11 Å². The van der Waals surface area contributed by atoms with Gasteiger partial charge in [0.2, 0.25) is 0 Å². The Hall–Kier alpha value is -3.56. The molecule has 1 aliphatic rings. The number of methoxy groups -OCH3 is 1. The van der Waals surface area contributed by atoms with E-state index < -0.39 is 17.7 Å². The lowest BCUT2D eigenvalue weighted by atomic mass is 10.1. The summed E-state index contributed by atoms with van der Waals surface area (Å²) < 4.78 is 5.78. The van der Waals surface area contributed by atoms with E-state index >= 15 is 0 Å². The number of nitrogens with one attached hydrogen (secondary N) is 2. The van der Waals surface area contributed by atoms with Gasteiger partial charge in [0, 0.05) is 5.56 Å². The molecule has 0 saturated heterocycles. The first-order chi connectivity index (χ1) is 15.4. The van der Waals surface area contributed by atoms with Crippen molar-refractivity contribution in [2.24, 2.45) is 0 Å². The lowest BCUT2D eigenvalue weighted by Crippen LogP contribution is -2.34. The second-order valence-corrected chi connectivity index (χ2v) is 8.03. The number of hydrogen-bond acceptors (Lipinski definition) is 5. The summed E-state index contributed by atoms with van der Waals surface area (Å²) in [6.45, 7) is 0. The number of fused-ring (bicyclic) bond motifs is 1. The van der Waals surface area contributed by atoms with E-state index in [-0.39, 0.29) is 16.2 Å². The molecule has 0 atom stereocenters. The predicted octanol–water partition coefficient (Wildman–Crippen LogP) is 4.39. The minimum atomic E-state index is -0.465. The Bertz CT molecular complexity index is 1260. The second kappa shape index (κ2) is 8.89. The molecule has 32 heavy (non-hydrogen) atoms. The maximum absolute atomic E-state index is 13.1. The van der Waals surface area contributed by atoms with Gasteiger partial charge in [-0.05, 0) is 70.6 Å². The highest BCUT2D eigenvalue weighted by Gasteiger charge is 2.38. The zero-order chi connectivity index (χ0) is 22.8. The first-order valence-electron chi connectivity index (χ1n) is 9.43. The standard InChI is InChI=1S/C23H16BrN3O4S/c1-31-18-11-10-13(12-16(18)24)20(28)26-23(32)25-17-9-5-8-15-19(17)22(30)27(21(15)29)14-6-3-2-4-7-14/h2-12H,1H3,(H2,25,26,28,32). The minimum absolute atomic E-state index is 0.00579. The smallest absolute Gasteiger partial charge is 0.268 e. The Morgan fingerprint density at radius 2 is 1.75 bits per heavy atom. The van der Waals surface area contributed by atoms with Gasteiger partial charge in [-0.3, -0.25) is 19.7 Å². The number of amides is 3. The number of nitrogens with zero attached hydrogens (tertiary/aromatic N) is 1. The van der Waals surface area contributed by atoms with Gasteiger partial charge < -0.3 is 10.1 Å². The largest absolute Gasteiger partial charge is 0.496 e. The predicted molar refractivity (Wildman–Crippen MR) is 128 cm³/mol. The van der Waals surface area contributed by atoms with Crippen molar-refractivity contribution >= 4 is 62.4 Å². The number of thiocarbonyl (C=S) groups is 1. The molecule has 2 N–H and O–H groups in total. The first kappa shape index (κ1) is 21.7. The van der Waals surface area contributed by atoms with Gasteiger partial charge in [-0.15, -0.1) is 0 Å². The van der Waals surface area contributed by atoms with E-state index in [0.717, 1.165) is 4.90 Å². The van der Waals surface area contributed by atoms with Gasteiger partial charge in [0.05, 0.1) is 34.1 Å². The van der Waals surface area contributed by atoms with E-state index in [2.05, 4.69) is 26.6 Å². The molecule has 3 aromatic rings. The molecule has 0 aromatic heterocycles. The van der Waals surface area contributed by atoms with Gasteiger partial charge >= 0.3 is 0 Å². The van der Waals surface area contributed by atoms with E-state index in [1.165, 1.54) is 7.11 Å². The normalized spacial score (nSPS) is 12.4. The third-order valence-corrected chi connectivity index (χ3v) is 5.64. The third kappa shape index (κ3) is 4.00. The van der Waals surface area contributed by atoms with Crippen LogP contribution in [0.15, 0.2) is 71.2 Å². The van der Waals surface area contributed by atoms with Crippen LogP contribution in [0, 0.1) is 0 Å². The van der Waals surface area contributed by atoms with Crippen LogP contribution in [0.3, 0.4) is 0 Å². The zero-order valence-electron chi connectivity index (χ0n) is 16.7. The van der Waals surface area contributed by atoms with E-state index in [0.29, 0.717) is 27.2 Å². The monoisotopic (exact) mass is 509 g/mol. The second-order valence-electron chi connectivity index (χ2n) is 6.77. The molecule has 0 unspecified atom stereocenters. The number of hydrogen-bond donors (Lipinski definition) is 2. The summed E-state index contributed by atoms with van der Waals surface area (Å²) in [6, 6.07) is 18.4. The molecule has 1 aliphatic heterocycles. The number of halogens is 1. The molecule has 0 aliphatic carbocycles. The Kier molecular flexibility index (Phi) is 6.02. The van der Waals surface area contributed by atoms with Crippen molar-refractivity contribution in [3.05, 3.63) is 87.9 Å². The van der Waals surface area contributed by atoms with Crippen molar-refractivity contribution in [1.29, 1.82) is 0 Å². The van der Waals surface area contributed by atoms with E-state index in [1.54, 1.807) is 66.7 Å². The lowest BCUT2D eigenvalue weighted by Gasteiger charge is -2.14. The van der Waals surface area contributed by atoms with Crippen LogP contribution in [-0.4, -0.2) is 29.9 Å². The molecule has 9 heteroatoms. The maximum Gasteiger partial charge on any atom is 0.268 e. The molecule has 1 heterocycles. The number of anilines is 2. The molecule has 4 rings (SSSR count). The lowest BCUT2D eigenvalue weighted by molar-refractivity contribution is 0.0924. The fourth-order valence-corrected chi connectivity index (χ4v) is 4.08. The van der Waals surface area contributed by atoms with Gasteiger partial charge in [0.1, 0.15) is 5.75 Å². The molecule has 0 saturated carbocycles. The molecular weight excluding hydrogens is 494 g/mol. The molecule has 0 spiro atoms.